The largest absolute Gasteiger partial charge is 0.497 e. The van der Waals surface area contributed by atoms with Crippen LogP contribution >= 0.6 is 11.6 Å². The van der Waals surface area contributed by atoms with Gasteiger partial charge in [0.25, 0.3) is 5.91 Å². The monoisotopic (exact) mass is 506 g/mol. The molecule has 2 aromatic rings. The topological polar surface area (TPSA) is 96.9 Å². The first-order valence-electron chi connectivity index (χ1n) is 11.8. The molecule has 1 aliphatic rings. The zero-order chi connectivity index (χ0) is 25.3. The lowest BCUT2D eigenvalue weighted by Crippen LogP contribution is -2.50. The molecule has 0 heterocycles. The van der Waals surface area contributed by atoms with Gasteiger partial charge >= 0.3 is 0 Å². The third-order valence-electron chi connectivity index (χ3n) is 6.45. The second-order valence-corrected chi connectivity index (χ2v) is 9.17. The van der Waals surface area contributed by atoms with Crippen LogP contribution in [0.2, 0.25) is 5.02 Å². The number of hydrogen-bond donors (Lipinski definition) is 3. The van der Waals surface area contributed by atoms with Crippen molar-refractivity contribution in [3.8, 4) is 11.5 Å². The van der Waals surface area contributed by atoms with E-state index in [1.807, 2.05) is 24.3 Å². The predicted octanol–water partition coefficient (Wildman–Crippen LogP) is 4.00. The van der Waals surface area contributed by atoms with Crippen LogP contribution in [-0.4, -0.2) is 43.3 Å². The van der Waals surface area contributed by atoms with Crippen LogP contribution in [0.3, 0.4) is 0 Å². The first-order chi connectivity index (χ1) is 16.8. The maximum Gasteiger partial charge on any atom is 0.257 e. The van der Waals surface area contributed by atoms with Crippen molar-refractivity contribution in [3.63, 3.8) is 0 Å². The summed E-state index contributed by atoms with van der Waals surface area (Å²) < 4.78 is 23.9. The molecule has 2 aromatic carbocycles. The van der Waals surface area contributed by atoms with E-state index >= 15 is 0 Å². The first-order valence-corrected chi connectivity index (χ1v) is 12.2. The molecule has 1 unspecified atom stereocenters. The lowest BCUT2D eigenvalue weighted by atomic mass is 9.68. The van der Waals surface area contributed by atoms with E-state index in [2.05, 4.69) is 10.6 Å². The van der Waals surface area contributed by atoms with Gasteiger partial charge in [0, 0.05) is 19.2 Å². The molecule has 3 N–H and O–H groups in total. The fraction of sp³-hybridized carbons (Fsp3) is 0.462. The maximum absolute atomic E-state index is 13.5. The number of rotatable bonds is 11. The Morgan fingerprint density at radius 1 is 1.09 bits per heavy atom. The Hall–Kier alpha value is -2.84. The number of hydrogen-bond acceptors (Lipinski definition) is 5. The number of methoxy groups -OCH3 is 1. The van der Waals surface area contributed by atoms with E-state index < -0.39 is 23.2 Å². The average molecular weight is 507 g/mol. The van der Waals surface area contributed by atoms with E-state index in [1.165, 1.54) is 12.1 Å². The zero-order valence-electron chi connectivity index (χ0n) is 19.8. The summed E-state index contributed by atoms with van der Waals surface area (Å²) in [6, 6.07) is 11.4. The summed E-state index contributed by atoms with van der Waals surface area (Å²) in [5.74, 6) is -0.270. The Kier molecular flexibility index (Phi) is 9.74. The number of halogens is 2. The minimum Gasteiger partial charge on any atom is -0.497 e. The minimum absolute atomic E-state index is 0.0273. The molecule has 2 amide bonds. The van der Waals surface area contributed by atoms with Gasteiger partial charge in [0.2, 0.25) is 5.91 Å². The molecule has 0 aliphatic heterocycles. The van der Waals surface area contributed by atoms with E-state index in [1.54, 1.807) is 7.11 Å². The summed E-state index contributed by atoms with van der Waals surface area (Å²) in [6.45, 7) is 0.243. The summed E-state index contributed by atoms with van der Waals surface area (Å²) in [5, 5.41) is 16.7. The second-order valence-electron chi connectivity index (χ2n) is 8.77. The van der Waals surface area contributed by atoms with E-state index in [0.717, 1.165) is 36.6 Å². The molecule has 1 fully saturated rings. The number of aliphatic hydroxyl groups is 1. The lowest BCUT2D eigenvalue weighted by molar-refractivity contribution is -0.142. The number of ether oxygens (including phenoxy) is 2. The van der Waals surface area contributed by atoms with Crippen LogP contribution in [0, 0.1) is 11.2 Å². The molecule has 0 saturated heterocycles. The van der Waals surface area contributed by atoms with Crippen LogP contribution < -0.4 is 20.1 Å². The molecule has 3 rings (SSSR count). The van der Waals surface area contributed by atoms with E-state index in [9.17, 15) is 19.1 Å². The van der Waals surface area contributed by atoms with Crippen LogP contribution in [0.4, 0.5) is 4.39 Å². The van der Waals surface area contributed by atoms with E-state index in [4.69, 9.17) is 21.1 Å². The Balaban J connectivity index is 1.49. The predicted molar refractivity (Wildman–Crippen MR) is 131 cm³/mol. The zero-order valence-corrected chi connectivity index (χ0v) is 20.6. The summed E-state index contributed by atoms with van der Waals surface area (Å²) in [7, 11) is 1.60. The van der Waals surface area contributed by atoms with Crippen LogP contribution in [0.1, 0.15) is 44.1 Å². The molecule has 0 bridgehead atoms. The fourth-order valence-corrected chi connectivity index (χ4v) is 4.50. The molecule has 1 saturated carbocycles. The van der Waals surface area contributed by atoms with Crippen molar-refractivity contribution >= 4 is 23.4 Å². The summed E-state index contributed by atoms with van der Waals surface area (Å²) >= 11 is 5.63. The second kappa shape index (κ2) is 12.7. The van der Waals surface area contributed by atoms with Crippen molar-refractivity contribution < 1.29 is 28.6 Å². The number of nitrogens with one attached hydrogen (secondary N) is 2. The van der Waals surface area contributed by atoms with E-state index in [-0.39, 0.29) is 36.3 Å². The van der Waals surface area contributed by atoms with Crippen LogP contribution in [-0.2, 0) is 16.1 Å². The number of aliphatic hydroxyl groups excluding tert-OH is 1. The Morgan fingerprint density at radius 3 is 2.43 bits per heavy atom. The highest BCUT2D eigenvalue weighted by atomic mass is 35.5. The van der Waals surface area contributed by atoms with Gasteiger partial charge in [-0.2, -0.15) is 0 Å². The Labute approximate surface area is 210 Å². The van der Waals surface area contributed by atoms with Crippen molar-refractivity contribution in [2.45, 2.75) is 51.2 Å². The highest BCUT2D eigenvalue weighted by molar-refractivity contribution is 6.30. The van der Waals surface area contributed by atoms with Crippen LogP contribution in [0.5, 0.6) is 11.5 Å². The number of carbonyl (C=O) groups is 2. The summed E-state index contributed by atoms with van der Waals surface area (Å²) in [6.07, 6.45) is 3.29. The Bertz CT molecular complexity index is 996. The molecule has 0 spiro atoms. The van der Waals surface area contributed by atoms with Crippen molar-refractivity contribution in [1.82, 2.24) is 10.6 Å². The number of benzene rings is 2. The third kappa shape index (κ3) is 7.32. The Morgan fingerprint density at radius 2 is 1.77 bits per heavy atom. The van der Waals surface area contributed by atoms with Crippen molar-refractivity contribution in [2.24, 2.45) is 5.41 Å². The summed E-state index contributed by atoms with van der Waals surface area (Å²) in [5.41, 5.74) is 0.0553. The van der Waals surface area contributed by atoms with E-state index in [0.29, 0.717) is 19.4 Å². The fourth-order valence-electron chi connectivity index (χ4n) is 4.39. The van der Waals surface area contributed by atoms with Gasteiger partial charge in [-0.05, 0) is 49.1 Å². The molecule has 9 heteroatoms. The standard InChI is InChI=1S/C26H32ClFN2O5/c1-34-19-7-5-18(6-8-19)16-30-25(33)26(12-3-2-4-13-26)23(31)11-14-29-24(32)17-35-20-9-10-21(27)22(28)15-20/h5-10,15,23,31H,2-4,11-14,16-17H2,1H3,(H,29,32)(H,30,33). The highest BCUT2D eigenvalue weighted by Gasteiger charge is 2.45. The smallest absolute Gasteiger partial charge is 0.257 e. The molecule has 0 radical (unpaired) electrons. The normalized spacial score (nSPS) is 15.7. The van der Waals surface area contributed by atoms with Gasteiger partial charge in [0.1, 0.15) is 17.3 Å². The van der Waals surface area contributed by atoms with Gasteiger partial charge < -0.3 is 25.2 Å². The summed E-state index contributed by atoms with van der Waals surface area (Å²) in [4.78, 5) is 25.3. The minimum atomic E-state index is -0.898. The van der Waals surface area contributed by atoms with Crippen molar-refractivity contribution in [1.29, 1.82) is 0 Å². The maximum atomic E-state index is 13.5. The third-order valence-corrected chi connectivity index (χ3v) is 6.76. The van der Waals surface area contributed by atoms with Gasteiger partial charge in [0.05, 0.1) is 23.7 Å². The van der Waals surface area contributed by atoms with Gasteiger partial charge in [-0.3, -0.25) is 9.59 Å². The number of carbonyl (C=O) groups excluding carboxylic acids is 2. The van der Waals surface area contributed by atoms with Crippen LogP contribution in [0.25, 0.3) is 0 Å². The average Bonchev–Trinajstić information content (AvgIpc) is 2.88. The SMILES string of the molecule is COc1ccc(CNC(=O)C2(C(O)CCNC(=O)COc3ccc(Cl)c(F)c3)CCCCC2)cc1. The molecule has 7 nitrogen and oxygen atoms in total. The van der Waals surface area contributed by atoms with Crippen molar-refractivity contribution in [2.75, 3.05) is 20.3 Å². The quantitative estimate of drug-likeness (QED) is 0.428. The van der Waals surface area contributed by atoms with Gasteiger partial charge in [-0.15, -0.1) is 0 Å². The molecule has 35 heavy (non-hydrogen) atoms. The van der Waals surface area contributed by atoms with Gasteiger partial charge in [0.15, 0.2) is 6.61 Å². The molecule has 0 aromatic heterocycles. The van der Waals surface area contributed by atoms with Gasteiger partial charge in [-0.25, -0.2) is 4.39 Å². The molecular weight excluding hydrogens is 475 g/mol. The lowest BCUT2D eigenvalue weighted by Gasteiger charge is -2.39. The molecule has 190 valence electrons. The van der Waals surface area contributed by atoms with Crippen LogP contribution in [0.15, 0.2) is 42.5 Å². The first kappa shape index (κ1) is 26.8. The number of amides is 2. The van der Waals surface area contributed by atoms with Crippen molar-refractivity contribution in [3.05, 3.63) is 58.9 Å². The molecule has 1 aliphatic carbocycles. The molecule has 1 atom stereocenters. The molecular formula is C26H32ClFN2O5. The van der Waals surface area contributed by atoms with Gasteiger partial charge in [-0.1, -0.05) is 43.0 Å². The highest BCUT2D eigenvalue weighted by Crippen LogP contribution is 2.40.